The lowest BCUT2D eigenvalue weighted by molar-refractivity contribution is -0.144. The van der Waals surface area contributed by atoms with E-state index in [1.165, 1.54) is 11.8 Å². The van der Waals surface area contributed by atoms with Crippen molar-refractivity contribution in [2.75, 3.05) is 6.54 Å². The van der Waals surface area contributed by atoms with Gasteiger partial charge in [0.2, 0.25) is 5.91 Å². The van der Waals surface area contributed by atoms with E-state index >= 15 is 0 Å². The number of nitrogens with zero attached hydrogens (tertiary/aromatic N) is 1. The Labute approximate surface area is 90.3 Å². The smallest absolute Gasteiger partial charge is 0.235 e. The summed E-state index contributed by atoms with van der Waals surface area (Å²) in [4.78, 5) is 24.5. The maximum absolute atomic E-state index is 11.8. The predicted molar refractivity (Wildman–Crippen MR) is 56.0 cm³/mol. The van der Waals surface area contributed by atoms with Crippen molar-refractivity contribution in [3.05, 3.63) is 0 Å². The molecule has 1 saturated heterocycles. The van der Waals surface area contributed by atoms with Crippen LogP contribution in [0, 0.1) is 5.92 Å². The van der Waals surface area contributed by atoms with Crippen LogP contribution in [0.25, 0.3) is 0 Å². The van der Waals surface area contributed by atoms with Gasteiger partial charge in [-0.2, -0.15) is 0 Å². The molecule has 1 aliphatic heterocycles. The fourth-order valence-corrected chi connectivity index (χ4v) is 1.99. The van der Waals surface area contributed by atoms with E-state index in [0.29, 0.717) is 6.54 Å². The van der Waals surface area contributed by atoms with Crippen LogP contribution in [0.1, 0.15) is 40.0 Å². The Morgan fingerprint density at radius 2 is 2.27 bits per heavy atom. The van der Waals surface area contributed by atoms with Crippen LogP contribution in [-0.4, -0.2) is 34.0 Å². The number of unbranched alkanes of at least 4 members (excludes halogenated alkanes) is 1. The molecule has 0 bridgehead atoms. The third-order valence-electron chi connectivity index (χ3n) is 2.96. The summed E-state index contributed by atoms with van der Waals surface area (Å²) in [5, 5.41) is 10.0. The normalized spacial score (nSPS) is 31.1. The average molecular weight is 213 g/mol. The number of hydrogen-bond acceptors (Lipinski definition) is 3. The van der Waals surface area contributed by atoms with Crippen LogP contribution in [0.15, 0.2) is 0 Å². The van der Waals surface area contributed by atoms with Gasteiger partial charge in [0.1, 0.15) is 17.4 Å². The fourth-order valence-electron chi connectivity index (χ4n) is 1.99. The summed E-state index contributed by atoms with van der Waals surface area (Å²) in [6, 6.07) is 0. The largest absolute Gasteiger partial charge is 0.371 e. The molecule has 1 aliphatic rings. The highest BCUT2D eigenvalue weighted by atomic mass is 16.3. The van der Waals surface area contributed by atoms with E-state index in [4.69, 9.17) is 0 Å². The van der Waals surface area contributed by atoms with Gasteiger partial charge >= 0.3 is 0 Å². The highest BCUT2D eigenvalue weighted by Crippen LogP contribution is 2.32. The van der Waals surface area contributed by atoms with E-state index in [1.54, 1.807) is 6.92 Å². The van der Waals surface area contributed by atoms with Gasteiger partial charge in [0.25, 0.3) is 0 Å². The molecule has 86 valence electrons. The summed E-state index contributed by atoms with van der Waals surface area (Å²) in [5.74, 6) is -1.02. The third-order valence-corrected chi connectivity index (χ3v) is 2.96. The molecular weight excluding hydrogens is 194 g/mol. The molecule has 0 aliphatic carbocycles. The first-order chi connectivity index (χ1) is 6.90. The standard InChI is InChI=1S/C11H19NO3/c1-4-5-6-12-10(14)9(8(2)13)7-11(12,3)15/h9,15H,4-7H2,1-3H3. The van der Waals surface area contributed by atoms with Crippen molar-refractivity contribution < 1.29 is 14.7 Å². The van der Waals surface area contributed by atoms with Crippen molar-refractivity contribution in [1.82, 2.24) is 4.90 Å². The second-order valence-electron chi connectivity index (χ2n) is 4.43. The van der Waals surface area contributed by atoms with Crippen molar-refractivity contribution in [1.29, 1.82) is 0 Å². The molecule has 1 amide bonds. The maximum Gasteiger partial charge on any atom is 0.235 e. The van der Waals surface area contributed by atoms with E-state index in [-0.39, 0.29) is 18.1 Å². The second-order valence-corrected chi connectivity index (χ2v) is 4.43. The molecule has 1 fully saturated rings. The van der Waals surface area contributed by atoms with E-state index < -0.39 is 11.6 Å². The molecule has 15 heavy (non-hydrogen) atoms. The van der Waals surface area contributed by atoms with Gasteiger partial charge in [-0.15, -0.1) is 0 Å². The average Bonchev–Trinajstić information content (AvgIpc) is 2.35. The number of amides is 1. The quantitative estimate of drug-likeness (QED) is 0.707. The Morgan fingerprint density at radius 1 is 1.67 bits per heavy atom. The van der Waals surface area contributed by atoms with Crippen LogP contribution in [0.5, 0.6) is 0 Å². The van der Waals surface area contributed by atoms with Crippen molar-refractivity contribution >= 4 is 11.7 Å². The Morgan fingerprint density at radius 3 is 2.67 bits per heavy atom. The highest BCUT2D eigenvalue weighted by Gasteiger charge is 2.47. The molecular formula is C11H19NO3. The van der Waals surface area contributed by atoms with Gasteiger partial charge in [0.05, 0.1) is 0 Å². The van der Waals surface area contributed by atoms with E-state index in [1.807, 2.05) is 6.92 Å². The van der Waals surface area contributed by atoms with Crippen LogP contribution >= 0.6 is 0 Å². The van der Waals surface area contributed by atoms with Gasteiger partial charge < -0.3 is 10.0 Å². The second kappa shape index (κ2) is 4.31. The SMILES string of the molecule is CCCCN1C(=O)C(C(C)=O)CC1(C)O. The van der Waals surface area contributed by atoms with E-state index in [2.05, 4.69) is 0 Å². The van der Waals surface area contributed by atoms with E-state index in [9.17, 15) is 14.7 Å². The van der Waals surface area contributed by atoms with Gasteiger partial charge in [0.15, 0.2) is 0 Å². The first-order valence-corrected chi connectivity index (χ1v) is 5.44. The zero-order valence-electron chi connectivity index (χ0n) is 9.62. The Bertz CT molecular complexity index is 273. The van der Waals surface area contributed by atoms with Crippen LogP contribution in [0.4, 0.5) is 0 Å². The monoisotopic (exact) mass is 213 g/mol. The van der Waals surface area contributed by atoms with Crippen molar-refractivity contribution in [3.63, 3.8) is 0 Å². The molecule has 0 radical (unpaired) electrons. The van der Waals surface area contributed by atoms with Crippen LogP contribution in [0.3, 0.4) is 0 Å². The summed E-state index contributed by atoms with van der Waals surface area (Å²) in [6.07, 6.45) is 2.04. The van der Waals surface area contributed by atoms with Crippen LogP contribution in [-0.2, 0) is 9.59 Å². The molecule has 4 nitrogen and oxygen atoms in total. The summed E-state index contributed by atoms with van der Waals surface area (Å²) >= 11 is 0. The molecule has 1 heterocycles. The summed E-state index contributed by atoms with van der Waals surface area (Å²) < 4.78 is 0. The maximum atomic E-state index is 11.8. The molecule has 0 saturated carbocycles. The van der Waals surface area contributed by atoms with E-state index in [0.717, 1.165) is 12.8 Å². The molecule has 0 spiro atoms. The number of likely N-dealkylation sites (tertiary alicyclic amines) is 1. The molecule has 1 N–H and O–H groups in total. The summed E-state index contributed by atoms with van der Waals surface area (Å²) in [5.41, 5.74) is -1.15. The summed E-state index contributed by atoms with van der Waals surface area (Å²) in [7, 11) is 0. The number of ketones is 1. The lowest BCUT2D eigenvalue weighted by Gasteiger charge is -2.29. The molecule has 0 aromatic rings. The number of Topliss-reactive ketones (excluding diaryl/α,β-unsaturated/α-hetero) is 1. The predicted octanol–water partition coefficient (Wildman–Crippen LogP) is 0.933. The zero-order chi connectivity index (χ0) is 11.6. The molecule has 2 unspecified atom stereocenters. The van der Waals surface area contributed by atoms with Gasteiger partial charge in [-0.3, -0.25) is 9.59 Å². The van der Waals surface area contributed by atoms with Gasteiger partial charge in [0, 0.05) is 13.0 Å². The minimum Gasteiger partial charge on any atom is -0.371 e. The Kier molecular flexibility index (Phi) is 3.50. The first-order valence-electron chi connectivity index (χ1n) is 5.44. The minimum absolute atomic E-state index is 0.153. The topological polar surface area (TPSA) is 57.6 Å². The lowest BCUT2D eigenvalue weighted by Crippen LogP contribution is -2.43. The minimum atomic E-state index is -1.15. The van der Waals surface area contributed by atoms with Crippen LogP contribution in [0.2, 0.25) is 0 Å². The number of carbonyl (C=O) groups is 2. The first kappa shape index (κ1) is 12.2. The Hall–Kier alpha value is -0.900. The van der Waals surface area contributed by atoms with Crippen molar-refractivity contribution in [2.24, 2.45) is 5.92 Å². The molecule has 0 aromatic heterocycles. The van der Waals surface area contributed by atoms with Gasteiger partial charge in [-0.25, -0.2) is 0 Å². The highest BCUT2D eigenvalue weighted by molar-refractivity contribution is 6.02. The molecule has 0 aromatic carbocycles. The Balaban J connectivity index is 2.77. The van der Waals surface area contributed by atoms with Gasteiger partial charge in [-0.1, -0.05) is 13.3 Å². The third kappa shape index (κ3) is 2.37. The van der Waals surface area contributed by atoms with Crippen LogP contribution < -0.4 is 0 Å². The van der Waals surface area contributed by atoms with Crippen molar-refractivity contribution in [3.8, 4) is 0 Å². The number of aliphatic hydroxyl groups is 1. The fraction of sp³-hybridized carbons (Fsp3) is 0.818. The zero-order valence-corrected chi connectivity index (χ0v) is 9.62. The number of rotatable bonds is 4. The summed E-state index contributed by atoms with van der Waals surface area (Å²) in [6.45, 7) is 5.56. The van der Waals surface area contributed by atoms with Crippen molar-refractivity contribution in [2.45, 2.75) is 45.8 Å². The van der Waals surface area contributed by atoms with Gasteiger partial charge in [-0.05, 0) is 20.3 Å². The lowest BCUT2D eigenvalue weighted by atomic mass is 10.0. The number of carbonyl (C=O) groups excluding carboxylic acids is 2. The molecule has 4 heteroatoms. The molecule has 2 atom stereocenters. The number of hydrogen-bond donors (Lipinski definition) is 1. The molecule has 1 rings (SSSR count).